The van der Waals surface area contributed by atoms with Gasteiger partial charge in [0.15, 0.2) is 16.7 Å². The third-order valence-corrected chi connectivity index (χ3v) is 5.30. The predicted octanol–water partition coefficient (Wildman–Crippen LogP) is 5.07. The molecule has 1 aliphatic rings. The Morgan fingerprint density at radius 3 is 2.80 bits per heavy atom. The van der Waals surface area contributed by atoms with Crippen molar-refractivity contribution in [2.24, 2.45) is 4.99 Å². The van der Waals surface area contributed by atoms with Crippen molar-refractivity contribution in [1.82, 2.24) is 5.32 Å². The van der Waals surface area contributed by atoms with Gasteiger partial charge in [0, 0.05) is 10.6 Å². The van der Waals surface area contributed by atoms with Crippen LogP contribution >= 0.6 is 23.4 Å². The highest BCUT2D eigenvalue weighted by atomic mass is 35.5. The minimum atomic E-state index is -0.268. The van der Waals surface area contributed by atoms with Crippen molar-refractivity contribution < 1.29 is 19.4 Å². The number of amides is 1. The molecule has 156 valence electrons. The molecule has 8 heteroatoms. The average molecular weight is 445 g/mol. The molecule has 0 aliphatic carbocycles. The Bertz CT molecular complexity index is 1050. The summed E-state index contributed by atoms with van der Waals surface area (Å²) in [5.41, 5.74) is 1.92. The lowest BCUT2D eigenvalue weighted by Gasteiger charge is -2.11. The maximum absolute atomic E-state index is 12.5. The standard InChI is InChI=1S/C22H21ClN2O4S/c1-4-6-14-9-13(10-18(20(14)26)29-5-2)11-19-21(27)25-22(30-19)24-16-12-15(23)7-8-17(16)28-3/h4,7-12,26H,1,5-6H2,2-3H3,(H,24,25,27). The lowest BCUT2D eigenvalue weighted by atomic mass is 10.1. The Balaban J connectivity index is 1.93. The van der Waals surface area contributed by atoms with Crippen molar-refractivity contribution in [3.05, 3.63) is 64.0 Å². The number of aromatic hydroxyl groups is 1. The molecule has 0 atom stereocenters. The van der Waals surface area contributed by atoms with E-state index in [2.05, 4.69) is 16.9 Å². The molecule has 2 aromatic carbocycles. The summed E-state index contributed by atoms with van der Waals surface area (Å²) in [6.45, 7) is 5.97. The number of benzene rings is 2. The largest absolute Gasteiger partial charge is 0.504 e. The number of carbonyl (C=O) groups is 1. The lowest BCUT2D eigenvalue weighted by molar-refractivity contribution is -0.115. The van der Waals surface area contributed by atoms with Crippen LogP contribution < -0.4 is 14.8 Å². The van der Waals surface area contributed by atoms with Crippen LogP contribution in [0.5, 0.6) is 17.2 Å². The molecule has 0 radical (unpaired) electrons. The number of aliphatic imine (C=N–C) groups is 1. The summed E-state index contributed by atoms with van der Waals surface area (Å²) in [6.07, 6.45) is 3.90. The molecule has 1 aliphatic heterocycles. The van der Waals surface area contributed by atoms with Crippen LogP contribution in [0.2, 0.25) is 5.02 Å². The van der Waals surface area contributed by atoms with Gasteiger partial charge in [0.05, 0.1) is 18.6 Å². The van der Waals surface area contributed by atoms with Crippen molar-refractivity contribution in [2.75, 3.05) is 13.7 Å². The number of methoxy groups -OCH3 is 1. The molecular formula is C22H21ClN2O4S. The van der Waals surface area contributed by atoms with Gasteiger partial charge in [-0.15, -0.1) is 6.58 Å². The number of amidine groups is 1. The molecule has 0 spiro atoms. The predicted molar refractivity (Wildman–Crippen MR) is 122 cm³/mol. The molecule has 0 saturated carbocycles. The third-order valence-electron chi connectivity index (χ3n) is 4.15. The highest BCUT2D eigenvalue weighted by molar-refractivity contribution is 8.18. The van der Waals surface area contributed by atoms with E-state index in [9.17, 15) is 9.90 Å². The summed E-state index contributed by atoms with van der Waals surface area (Å²) >= 11 is 7.25. The monoisotopic (exact) mass is 444 g/mol. The number of allylic oxidation sites excluding steroid dienone is 1. The second kappa shape index (κ2) is 9.73. The minimum Gasteiger partial charge on any atom is -0.504 e. The Kier molecular flexibility index (Phi) is 7.07. The molecule has 6 nitrogen and oxygen atoms in total. The highest BCUT2D eigenvalue weighted by Crippen LogP contribution is 2.36. The molecule has 1 saturated heterocycles. The Labute approximate surface area is 184 Å². The number of hydrogen-bond donors (Lipinski definition) is 2. The van der Waals surface area contributed by atoms with Gasteiger partial charge in [0.1, 0.15) is 11.4 Å². The van der Waals surface area contributed by atoms with Crippen LogP contribution in [0.25, 0.3) is 6.08 Å². The van der Waals surface area contributed by atoms with Crippen LogP contribution in [0.3, 0.4) is 0 Å². The number of hydrogen-bond acceptors (Lipinski definition) is 6. The second-order valence-corrected chi connectivity index (χ2v) is 7.72. The van der Waals surface area contributed by atoms with Gasteiger partial charge in [0.2, 0.25) is 0 Å². The number of halogens is 1. The second-order valence-electron chi connectivity index (χ2n) is 6.25. The fourth-order valence-electron chi connectivity index (χ4n) is 2.84. The van der Waals surface area contributed by atoms with Gasteiger partial charge in [-0.2, -0.15) is 0 Å². The van der Waals surface area contributed by atoms with E-state index < -0.39 is 0 Å². The maximum Gasteiger partial charge on any atom is 0.264 e. The first-order valence-corrected chi connectivity index (χ1v) is 10.4. The van der Waals surface area contributed by atoms with Gasteiger partial charge in [-0.05, 0) is 67.1 Å². The van der Waals surface area contributed by atoms with E-state index >= 15 is 0 Å². The summed E-state index contributed by atoms with van der Waals surface area (Å²) in [6, 6.07) is 8.58. The molecule has 3 rings (SSSR count). The van der Waals surface area contributed by atoms with Crippen molar-refractivity contribution in [3.8, 4) is 17.2 Å². The van der Waals surface area contributed by atoms with Crippen LogP contribution in [0.4, 0.5) is 5.69 Å². The van der Waals surface area contributed by atoms with E-state index in [-0.39, 0.29) is 11.7 Å². The van der Waals surface area contributed by atoms with E-state index in [0.717, 1.165) is 5.56 Å². The van der Waals surface area contributed by atoms with E-state index in [1.54, 1.807) is 49.6 Å². The molecule has 0 bridgehead atoms. The van der Waals surface area contributed by atoms with Crippen LogP contribution in [-0.2, 0) is 11.2 Å². The first kappa shape index (κ1) is 21.8. The normalized spacial score (nSPS) is 16.0. The van der Waals surface area contributed by atoms with Crippen LogP contribution in [0, 0.1) is 0 Å². The molecule has 2 aromatic rings. The maximum atomic E-state index is 12.5. The quantitative estimate of drug-likeness (QED) is 0.460. The smallest absolute Gasteiger partial charge is 0.264 e. The molecule has 2 N–H and O–H groups in total. The third kappa shape index (κ3) is 4.98. The zero-order chi connectivity index (χ0) is 21.7. The number of nitrogens with zero attached hydrogens (tertiary/aromatic N) is 1. The number of ether oxygens (including phenoxy) is 2. The molecule has 1 heterocycles. The Hall–Kier alpha value is -2.90. The molecule has 30 heavy (non-hydrogen) atoms. The van der Waals surface area contributed by atoms with Gasteiger partial charge in [-0.25, -0.2) is 4.99 Å². The summed E-state index contributed by atoms with van der Waals surface area (Å²) < 4.78 is 10.8. The zero-order valence-electron chi connectivity index (χ0n) is 16.6. The SMILES string of the molecule is C=CCc1cc(C=C2SC(=Nc3cc(Cl)ccc3OC)NC2=O)cc(OCC)c1O. The van der Waals surface area contributed by atoms with Crippen LogP contribution in [0.15, 0.2) is 52.9 Å². The number of phenols is 1. The Morgan fingerprint density at radius 1 is 1.30 bits per heavy atom. The van der Waals surface area contributed by atoms with Gasteiger partial charge >= 0.3 is 0 Å². The molecule has 1 amide bonds. The first-order valence-electron chi connectivity index (χ1n) is 9.17. The van der Waals surface area contributed by atoms with E-state index in [4.69, 9.17) is 21.1 Å². The molecule has 0 aromatic heterocycles. The van der Waals surface area contributed by atoms with Gasteiger partial charge in [-0.1, -0.05) is 17.7 Å². The topological polar surface area (TPSA) is 80.2 Å². The lowest BCUT2D eigenvalue weighted by Crippen LogP contribution is -2.19. The minimum absolute atomic E-state index is 0.0812. The molecule has 1 fully saturated rings. The fourth-order valence-corrected chi connectivity index (χ4v) is 3.84. The van der Waals surface area contributed by atoms with E-state index in [1.165, 1.54) is 11.8 Å². The first-order chi connectivity index (χ1) is 14.4. The number of carbonyl (C=O) groups excluding carboxylic acids is 1. The van der Waals surface area contributed by atoms with Gasteiger partial charge < -0.3 is 19.9 Å². The molecule has 0 unspecified atom stereocenters. The van der Waals surface area contributed by atoms with Crippen molar-refractivity contribution in [2.45, 2.75) is 13.3 Å². The number of rotatable bonds is 7. The van der Waals surface area contributed by atoms with Crippen LogP contribution in [-0.4, -0.2) is 29.9 Å². The summed E-state index contributed by atoms with van der Waals surface area (Å²) in [4.78, 5) is 17.4. The van der Waals surface area contributed by atoms with E-state index in [0.29, 0.717) is 50.9 Å². The molecular weight excluding hydrogens is 424 g/mol. The zero-order valence-corrected chi connectivity index (χ0v) is 18.1. The van der Waals surface area contributed by atoms with Gasteiger partial charge in [-0.3, -0.25) is 4.79 Å². The summed E-state index contributed by atoms with van der Waals surface area (Å²) in [7, 11) is 1.54. The average Bonchev–Trinajstić information content (AvgIpc) is 3.04. The van der Waals surface area contributed by atoms with Crippen molar-refractivity contribution in [3.63, 3.8) is 0 Å². The number of nitrogens with one attached hydrogen (secondary N) is 1. The Morgan fingerprint density at radius 2 is 2.10 bits per heavy atom. The summed E-state index contributed by atoms with van der Waals surface area (Å²) in [5.74, 6) is 0.728. The highest BCUT2D eigenvalue weighted by Gasteiger charge is 2.24. The van der Waals surface area contributed by atoms with E-state index in [1.807, 2.05) is 6.92 Å². The number of phenolic OH excluding ortho intramolecular Hbond substituents is 1. The summed E-state index contributed by atoms with van der Waals surface area (Å²) in [5, 5.41) is 14.0. The van der Waals surface area contributed by atoms with Gasteiger partial charge in [0.25, 0.3) is 5.91 Å². The van der Waals surface area contributed by atoms with Crippen molar-refractivity contribution in [1.29, 1.82) is 0 Å². The fraction of sp³-hybridized carbons (Fsp3) is 0.182. The van der Waals surface area contributed by atoms with Crippen LogP contribution in [0.1, 0.15) is 18.1 Å². The number of thioether (sulfide) groups is 1. The van der Waals surface area contributed by atoms with Crippen molar-refractivity contribution >= 4 is 46.2 Å².